The molecule has 13 heavy (non-hydrogen) atoms. The van der Waals surface area contributed by atoms with Gasteiger partial charge in [0.2, 0.25) is 5.95 Å². The third-order valence-electron chi connectivity index (χ3n) is 1.88. The highest BCUT2D eigenvalue weighted by Gasteiger charge is 1.98. The maximum absolute atomic E-state index is 5.45. The lowest BCUT2D eigenvalue weighted by molar-refractivity contribution is 1.04. The highest BCUT2D eigenvalue weighted by molar-refractivity contribution is 5.74. The summed E-state index contributed by atoms with van der Waals surface area (Å²) in [5.74, 6) is 0.272. The van der Waals surface area contributed by atoms with Crippen LogP contribution < -0.4 is 5.73 Å². The van der Waals surface area contributed by atoms with Gasteiger partial charge in [-0.3, -0.25) is 0 Å². The van der Waals surface area contributed by atoms with E-state index in [1.54, 1.807) is 6.20 Å². The molecule has 0 atom stereocenters. The molecule has 2 aromatic heterocycles. The predicted octanol–water partition coefficient (Wildman–Crippen LogP) is 1.17. The zero-order chi connectivity index (χ0) is 9.26. The minimum Gasteiger partial charge on any atom is -0.368 e. The standard InChI is InChI=1S/C9H10N4/c1-2-7-4-3-6-5-11-9(10)13-8(6)12-7/h3-5H,2H2,1H3,(H2,10,11,12,13). The van der Waals surface area contributed by atoms with Gasteiger partial charge < -0.3 is 5.73 Å². The summed E-state index contributed by atoms with van der Waals surface area (Å²) in [5, 5.41) is 0.923. The van der Waals surface area contributed by atoms with Crippen molar-refractivity contribution in [3.05, 3.63) is 24.0 Å². The summed E-state index contributed by atoms with van der Waals surface area (Å²) in [6.45, 7) is 2.05. The van der Waals surface area contributed by atoms with Crippen LogP contribution in [0.5, 0.6) is 0 Å². The van der Waals surface area contributed by atoms with Gasteiger partial charge in [-0.1, -0.05) is 6.92 Å². The van der Waals surface area contributed by atoms with Crippen LogP contribution in [0.25, 0.3) is 11.0 Å². The lowest BCUT2D eigenvalue weighted by atomic mass is 10.2. The molecule has 0 unspecified atom stereocenters. The van der Waals surface area contributed by atoms with Gasteiger partial charge in [-0.25, -0.2) is 9.97 Å². The van der Waals surface area contributed by atoms with Crippen molar-refractivity contribution in [3.63, 3.8) is 0 Å². The minimum absolute atomic E-state index is 0.272. The Hall–Kier alpha value is -1.71. The van der Waals surface area contributed by atoms with Crippen LogP contribution >= 0.6 is 0 Å². The molecule has 4 heteroatoms. The maximum atomic E-state index is 5.45. The number of fused-ring (bicyclic) bond motifs is 1. The first kappa shape index (κ1) is 7.91. The number of aromatic nitrogens is 3. The van der Waals surface area contributed by atoms with E-state index >= 15 is 0 Å². The predicted molar refractivity (Wildman–Crippen MR) is 51.1 cm³/mol. The number of anilines is 1. The SMILES string of the molecule is CCc1ccc2cnc(N)nc2n1. The van der Waals surface area contributed by atoms with Crippen LogP contribution in [0.2, 0.25) is 0 Å². The molecular weight excluding hydrogens is 164 g/mol. The van der Waals surface area contributed by atoms with Crippen LogP contribution in [0.3, 0.4) is 0 Å². The number of hydrogen-bond donors (Lipinski definition) is 1. The molecule has 2 rings (SSSR count). The Labute approximate surface area is 75.8 Å². The average Bonchev–Trinajstić information content (AvgIpc) is 2.16. The number of hydrogen-bond acceptors (Lipinski definition) is 4. The van der Waals surface area contributed by atoms with Gasteiger partial charge in [0, 0.05) is 17.3 Å². The Kier molecular flexibility index (Phi) is 1.81. The average molecular weight is 174 g/mol. The van der Waals surface area contributed by atoms with Crippen LogP contribution in [0.4, 0.5) is 5.95 Å². The summed E-state index contributed by atoms with van der Waals surface area (Å²) < 4.78 is 0. The van der Waals surface area contributed by atoms with Crippen LogP contribution in [0.15, 0.2) is 18.3 Å². The molecule has 0 aliphatic heterocycles. The third kappa shape index (κ3) is 1.42. The molecule has 0 radical (unpaired) electrons. The fraction of sp³-hybridized carbons (Fsp3) is 0.222. The fourth-order valence-corrected chi connectivity index (χ4v) is 1.16. The minimum atomic E-state index is 0.272. The van der Waals surface area contributed by atoms with Crippen molar-refractivity contribution in [1.82, 2.24) is 15.0 Å². The van der Waals surface area contributed by atoms with Gasteiger partial charge in [0.25, 0.3) is 0 Å². The molecule has 2 heterocycles. The monoisotopic (exact) mass is 174 g/mol. The van der Waals surface area contributed by atoms with Gasteiger partial charge in [-0.05, 0) is 18.6 Å². The number of aryl methyl sites for hydroxylation is 1. The summed E-state index contributed by atoms with van der Waals surface area (Å²) in [7, 11) is 0. The van der Waals surface area contributed by atoms with Crippen LogP contribution in [-0.4, -0.2) is 15.0 Å². The Balaban J connectivity index is 2.68. The van der Waals surface area contributed by atoms with E-state index in [1.165, 1.54) is 0 Å². The highest BCUT2D eigenvalue weighted by atomic mass is 15.0. The molecule has 2 N–H and O–H groups in total. The van der Waals surface area contributed by atoms with Gasteiger partial charge >= 0.3 is 0 Å². The number of nitrogens with two attached hydrogens (primary N) is 1. The second kappa shape index (κ2) is 2.97. The van der Waals surface area contributed by atoms with Crippen LogP contribution in [-0.2, 0) is 6.42 Å². The molecule has 0 fully saturated rings. The second-order valence-corrected chi connectivity index (χ2v) is 2.80. The Morgan fingerprint density at radius 3 is 2.92 bits per heavy atom. The van der Waals surface area contributed by atoms with E-state index in [0.717, 1.165) is 17.5 Å². The normalized spacial score (nSPS) is 10.5. The summed E-state index contributed by atoms with van der Waals surface area (Å²) in [6, 6.07) is 3.93. The Morgan fingerprint density at radius 2 is 2.15 bits per heavy atom. The number of rotatable bonds is 1. The molecular formula is C9H10N4. The summed E-state index contributed by atoms with van der Waals surface area (Å²) in [5.41, 5.74) is 7.15. The molecule has 4 nitrogen and oxygen atoms in total. The van der Waals surface area contributed by atoms with Crippen molar-refractivity contribution in [3.8, 4) is 0 Å². The molecule has 0 saturated carbocycles. The summed E-state index contributed by atoms with van der Waals surface area (Å²) in [6.07, 6.45) is 2.59. The summed E-state index contributed by atoms with van der Waals surface area (Å²) >= 11 is 0. The molecule has 0 amide bonds. The zero-order valence-corrected chi connectivity index (χ0v) is 7.36. The van der Waals surface area contributed by atoms with Crippen molar-refractivity contribution < 1.29 is 0 Å². The fourth-order valence-electron chi connectivity index (χ4n) is 1.16. The number of nitrogens with zero attached hydrogens (tertiary/aromatic N) is 3. The summed E-state index contributed by atoms with van der Waals surface area (Å²) in [4.78, 5) is 12.3. The third-order valence-corrected chi connectivity index (χ3v) is 1.88. The number of pyridine rings is 1. The van der Waals surface area contributed by atoms with Gasteiger partial charge in [0.05, 0.1) is 0 Å². The van der Waals surface area contributed by atoms with Gasteiger partial charge in [0.15, 0.2) is 5.65 Å². The topological polar surface area (TPSA) is 64.7 Å². The van der Waals surface area contributed by atoms with E-state index < -0.39 is 0 Å². The molecule has 2 aromatic rings. The molecule has 0 saturated heterocycles. The number of nitrogen functional groups attached to an aromatic ring is 1. The van der Waals surface area contributed by atoms with Crippen molar-refractivity contribution in [1.29, 1.82) is 0 Å². The molecule has 0 aromatic carbocycles. The largest absolute Gasteiger partial charge is 0.368 e. The van der Waals surface area contributed by atoms with Crippen LogP contribution in [0, 0.1) is 0 Å². The second-order valence-electron chi connectivity index (χ2n) is 2.80. The van der Waals surface area contributed by atoms with Gasteiger partial charge in [-0.15, -0.1) is 0 Å². The van der Waals surface area contributed by atoms with Crippen molar-refractivity contribution in [2.45, 2.75) is 13.3 Å². The molecule has 0 spiro atoms. The van der Waals surface area contributed by atoms with E-state index in [4.69, 9.17) is 5.73 Å². The quantitative estimate of drug-likeness (QED) is 0.704. The lowest BCUT2D eigenvalue weighted by Gasteiger charge is -1.99. The maximum Gasteiger partial charge on any atom is 0.222 e. The molecule has 0 bridgehead atoms. The molecule has 0 aliphatic rings. The van der Waals surface area contributed by atoms with Crippen molar-refractivity contribution >= 4 is 17.0 Å². The van der Waals surface area contributed by atoms with E-state index in [-0.39, 0.29) is 5.95 Å². The first-order chi connectivity index (χ1) is 6.29. The van der Waals surface area contributed by atoms with E-state index in [9.17, 15) is 0 Å². The van der Waals surface area contributed by atoms with E-state index in [0.29, 0.717) is 5.65 Å². The first-order valence-electron chi connectivity index (χ1n) is 4.17. The zero-order valence-electron chi connectivity index (χ0n) is 7.36. The van der Waals surface area contributed by atoms with Crippen molar-refractivity contribution in [2.75, 3.05) is 5.73 Å². The van der Waals surface area contributed by atoms with E-state index in [1.807, 2.05) is 12.1 Å². The van der Waals surface area contributed by atoms with Gasteiger partial charge in [0.1, 0.15) is 0 Å². The van der Waals surface area contributed by atoms with Crippen LogP contribution in [0.1, 0.15) is 12.6 Å². The van der Waals surface area contributed by atoms with Gasteiger partial charge in [-0.2, -0.15) is 4.98 Å². The smallest absolute Gasteiger partial charge is 0.222 e. The van der Waals surface area contributed by atoms with E-state index in [2.05, 4.69) is 21.9 Å². The Morgan fingerprint density at radius 1 is 1.31 bits per heavy atom. The first-order valence-corrected chi connectivity index (χ1v) is 4.17. The highest BCUT2D eigenvalue weighted by Crippen LogP contribution is 2.09. The van der Waals surface area contributed by atoms with Crippen molar-refractivity contribution in [2.24, 2.45) is 0 Å². The Bertz CT molecular complexity index is 439. The molecule has 0 aliphatic carbocycles. The molecule has 66 valence electrons. The lowest BCUT2D eigenvalue weighted by Crippen LogP contribution is -1.97.